The van der Waals surface area contributed by atoms with E-state index in [9.17, 15) is 9.90 Å². The number of benzene rings is 1. The van der Waals surface area contributed by atoms with Crippen LogP contribution in [0.5, 0.6) is 0 Å². The summed E-state index contributed by atoms with van der Waals surface area (Å²) in [7, 11) is 0. The monoisotopic (exact) mass is 343 g/mol. The summed E-state index contributed by atoms with van der Waals surface area (Å²) in [5.41, 5.74) is 1.53. The minimum atomic E-state index is -0.180. The molecule has 134 valence electrons. The first-order chi connectivity index (χ1) is 12.2. The van der Waals surface area contributed by atoms with Crippen LogP contribution in [0.1, 0.15) is 26.7 Å². The highest BCUT2D eigenvalue weighted by Gasteiger charge is 2.31. The quantitative estimate of drug-likeness (QED) is 0.894. The smallest absolute Gasteiger partial charge is 0.322 e. The van der Waals surface area contributed by atoms with E-state index in [1.807, 2.05) is 35.8 Å². The molecule has 2 heterocycles. The lowest BCUT2D eigenvalue weighted by molar-refractivity contribution is 0.0811. The van der Waals surface area contributed by atoms with Gasteiger partial charge in [-0.15, -0.1) is 10.2 Å². The van der Waals surface area contributed by atoms with Gasteiger partial charge in [0.25, 0.3) is 0 Å². The first-order valence-corrected chi connectivity index (χ1v) is 8.81. The maximum absolute atomic E-state index is 12.8. The molecule has 2 aromatic rings. The van der Waals surface area contributed by atoms with E-state index in [-0.39, 0.29) is 18.7 Å². The number of likely N-dealkylation sites (tertiary alicyclic amines) is 1. The van der Waals surface area contributed by atoms with Gasteiger partial charge in [0.2, 0.25) is 0 Å². The van der Waals surface area contributed by atoms with Gasteiger partial charge < -0.3 is 19.9 Å². The van der Waals surface area contributed by atoms with E-state index in [1.165, 1.54) is 0 Å². The highest BCUT2D eigenvalue weighted by atomic mass is 16.3. The normalized spacial score (nSPS) is 20.5. The van der Waals surface area contributed by atoms with Gasteiger partial charge in [0.1, 0.15) is 6.33 Å². The SMILES string of the molecule is CCn1cnnc1-c1ccccc1NC(=O)N1CCCC(C)C1CO. The number of piperidine rings is 1. The number of nitrogens with one attached hydrogen (secondary N) is 1. The summed E-state index contributed by atoms with van der Waals surface area (Å²) in [5, 5.41) is 20.8. The molecule has 25 heavy (non-hydrogen) atoms. The molecule has 0 bridgehead atoms. The number of hydrogen-bond donors (Lipinski definition) is 2. The van der Waals surface area contributed by atoms with Crippen LogP contribution < -0.4 is 5.32 Å². The second-order valence-electron chi connectivity index (χ2n) is 6.48. The van der Waals surface area contributed by atoms with Crippen LogP contribution in [0, 0.1) is 5.92 Å². The lowest BCUT2D eigenvalue weighted by atomic mass is 9.91. The molecular formula is C18H25N5O2. The van der Waals surface area contributed by atoms with Gasteiger partial charge >= 0.3 is 6.03 Å². The van der Waals surface area contributed by atoms with Gasteiger partial charge in [0, 0.05) is 18.7 Å². The fraction of sp³-hybridized carbons (Fsp3) is 0.500. The zero-order valence-electron chi connectivity index (χ0n) is 14.7. The number of hydrogen-bond acceptors (Lipinski definition) is 4. The molecule has 2 amide bonds. The van der Waals surface area contributed by atoms with E-state index < -0.39 is 0 Å². The Kier molecular flexibility index (Phi) is 5.33. The Morgan fingerprint density at radius 2 is 2.20 bits per heavy atom. The number of rotatable bonds is 4. The molecule has 0 saturated carbocycles. The van der Waals surface area contributed by atoms with E-state index >= 15 is 0 Å². The van der Waals surface area contributed by atoms with Crippen LogP contribution in [0.4, 0.5) is 10.5 Å². The summed E-state index contributed by atoms with van der Waals surface area (Å²) in [6.45, 7) is 5.50. The number of nitrogens with zero attached hydrogens (tertiary/aromatic N) is 4. The Bertz CT molecular complexity index is 730. The summed E-state index contributed by atoms with van der Waals surface area (Å²) < 4.78 is 1.94. The van der Waals surface area contributed by atoms with Crippen molar-refractivity contribution in [3.63, 3.8) is 0 Å². The Morgan fingerprint density at radius 3 is 2.96 bits per heavy atom. The third kappa shape index (κ3) is 3.51. The third-order valence-electron chi connectivity index (χ3n) is 4.93. The number of aryl methyl sites for hydroxylation is 1. The first kappa shape index (κ1) is 17.4. The second-order valence-corrected chi connectivity index (χ2v) is 6.48. The number of amides is 2. The molecule has 1 aliphatic rings. The van der Waals surface area contributed by atoms with Gasteiger partial charge in [-0.1, -0.05) is 19.1 Å². The summed E-state index contributed by atoms with van der Waals surface area (Å²) in [4.78, 5) is 14.6. The Balaban J connectivity index is 1.85. The van der Waals surface area contributed by atoms with E-state index in [1.54, 1.807) is 11.2 Å². The van der Waals surface area contributed by atoms with Crippen molar-refractivity contribution in [2.24, 2.45) is 5.92 Å². The molecular weight excluding hydrogens is 318 g/mol. The summed E-state index contributed by atoms with van der Waals surface area (Å²) in [6, 6.07) is 7.27. The van der Waals surface area contributed by atoms with Crippen molar-refractivity contribution in [1.29, 1.82) is 0 Å². The number of carbonyl (C=O) groups excluding carboxylic acids is 1. The van der Waals surface area contributed by atoms with Crippen LogP contribution in [0.3, 0.4) is 0 Å². The number of urea groups is 1. The number of aromatic nitrogens is 3. The maximum atomic E-state index is 12.8. The number of aliphatic hydroxyl groups excluding tert-OH is 1. The van der Waals surface area contributed by atoms with E-state index in [2.05, 4.69) is 22.4 Å². The molecule has 1 aromatic heterocycles. The molecule has 2 unspecified atom stereocenters. The predicted molar refractivity (Wildman–Crippen MR) is 96.1 cm³/mol. The summed E-state index contributed by atoms with van der Waals surface area (Å²) in [5.74, 6) is 1.02. The summed E-state index contributed by atoms with van der Waals surface area (Å²) >= 11 is 0. The minimum absolute atomic E-state index is 0.0135. The highest BCUT2D eigenvalue weighted by molar-refractivity contribution is 5.94. The fourth-order valence-corrected chi connectivity index (χ4v) is 3.45. The molecule has 0 radical (unpaired) electrons. The van der Waals surface area contributed by atoms with Gasteiger partial charge in [0.15, 0.2) is 5.82 Å². The summed E-state index contributed by atoms with van der Waals surface area (Å²) in [6.07, 6.45) is 3.67. The van der Waals surface area contributed by atoms with Crippen LogP contribution in [0.2, 0.25) is 0 Å². The molecule has 7 heteroatoms. The fourth-order valence-electron chi connectivity index (χ4n) is 3.45. The lowest BCUT2D eigenvalue weighted by Crippen LogP contribution is -2.51. The van der Waals surface area contributed by atoms with Crippen molar-refractivity contribution in [3.8, 4) is 11.4 Å². The van der Waals surface area contributed by atoms with Crippen LogP contribution in [-0.4, -0.2) is 50.0 Å². The molecule has 1 fully saturated rings. The molecule has 2 N–H and O–H groups in total. The lowest BCUT2D eigenvalue weighted by Gasteiger charge is -2.39. The Hall–Kier alpha value is -2.41. The molecule has 3 rings (SSSR count). The Morgan fingerprint density at radius 1 is 1.40 bits per heavy atom. The number of carbonyl (C=O) groups is 1. The molecule has 0 spiro atoms. The van der Waals surface area contributed by atoms with Crippen LogP contribution in [0.25, 0.3) is 11.4 Å². The van der Waals surface area contributed by atoms with E-state index in [4.69, 9.17) is 0 Å². The van der Waals surface area contributed by atoms with Crippen molar-refractivity contribution in [2.45, 2.75) is 39.3 Å². The van der Waals surface area contributed by atoms with E-state index in [0.29, 0.717) is 18.2 Å². The van der Waals surface area contributed by atoms with E-state index in [0.717, 1.165) is 30.8 Å². The minimum Gasteiger partial charge on any atom is -0.394 e. The van der Waals surface area contributed by atoms with Crippen LogP contribution in [-0.2, 0) is 6.54 Å². The molecule has 7 nitrogen and oxygen atoms in total. The van der Waals surface area contributed by atoms with Crippen molar-refractivity contribution in [1.82, 2.24) is 19.7 Å². The third-order valence-corrected chi connectivity index (χ3v) is 4.93. The van der Waals surface area contributed by atoms with Gasteiger partial charge in [-0.3, -0.25) is 0 Å². The average Bonchev–Trinajstić information content (AvgIpc) is 3.10. The standard InChI is InChI=1S/C18H25N5O2/c1-3-22-12-19-21-17(22)14-8-4-5-9-15(14)20-18(25)23-10-6-7-13(2)16(23)11-24/h4-5,8-9,12-13,16,24H,3,6-7,10-11H2,1-2H3,(H,20,25). The predicted octanol–water partition coefficient (Wildman–Crippen LogP) is 2.59. The largest absolute Gasteiger partial charge is 0.394 e. The average molecular weight is 343 g/mol. The van der Waals surface area contributed by atoms with Gasteiger partial charge in [-0.05, 0) is 37.8 Å². The van der Waals surface area contributed by atoms with Crippen molar-refractivity contribution >= 4 is 11.7 Å². The van der Waals surface area contributed by atoms with Crippen LogP contribution in [0.15, 0.2) is 30.6 Å². The number of para-hydroxylation sites is 1. The second kappa shape index (κ2) is 7.65. The number of aliphatic hydroxyl groups is 1. The first-order valence-electron chi connectivity index (χ1n) is 8.81. The van der Waals surface area contributed by atoms with Crippen molar-refractivity contribution in [3.05, 3.63) is 30.6 Å². The van der Waals surface area contributed by atoms with Gasteiger partial charge in [0.05, 0.1) is 18.3 Å². The molecule has 2 atom stereocenters. The van der Waals surface area contributed by atoms with Crippen molar-refractivity contribution in [2.75, 3.05) is 18.5 Å². The van der Waals surface area contributed by atoms with Crippen molar-refractivity contribution < 1.29 is 9.90 Å². The molecule has 0 aliphatic carbocycles. The zero-order valence-corrected chi connectivity index (χ0v) is 14.7. The van der Waals surface area contributed by atoms with Gasteiger partial charge in [-0.25, -0.2) is 4.79 Å². The Labute approximate surface area is 147 Å². The number of anilines is 1. The topological polar surface area (TPSA) is 83.3 Å². The zero-order chi connectivity index (χ0) is 17.8. The molecule has 1 aromatic carbocycles. The van der Waals surface area contributed by atoms with Crippen LogP contribution >= 0.6 is 0 Å². The maximum Gasteiger partial charge on any atom is 0.322 e. The molecule has 1 saturated heterocycles. The molecule has 1 aliphatic heterocycles. The van der Waals surface area contributed by atoms with Gasteiger partial charge in [-0.2, -0.15) is 0 Å². The highest BCUT2D eigenvalue weighted by Crippen LogP contribution is 2.28.